The van der Waals surface area contributed by atoms with Gasteiger partial charge in [-0.05, 0) is 53.3 Å². The van der Waals surface area contributed by atoms with Gasteiger partial charge in [-0.2, -0.15) is 0 Å². The number of hydrogen-bond donors (Lipinski definition) is 1. The second kappa shape index (κ2) is 9.23. The summed E-state index contributed by atoms with van der Waals surface area (Å²) in [4.78, 5) is 28.2. The summed E-state index contributed by atoms with van der Waals surface area (Å²) < 4.78 is 5.40. The number of ether oxygens (including phenoxy) is 1. The Morgan fingerprint density at radius 3 is 2.26 bits per heavy atom. The number of amides is 1. The summed E-state index contributed by atoms with van der Waals surface area (Å²) in [7, 11) is 1.49. The highest BCUT2D eigenvalue weighted by Gasteiger charge is 2.47. The van der Waals surface area contributed by atoms with Crippen molar-refractivity contribution in [2.45, 2.75) is 39.2 Å². The second-order valence-electron chi connectivity index (χ2n) is 9.67. The lowest BCUT2D eigenvalue weighted by molar-refractivity contribution is -0.132. The minimum atomic E-state index is -0.840. The molecule has 0 aliphatic carbocycles. The third kappa shape index (κ3) is 4.44. The summed E-state index contributed by atoms with van der Waals surface area (Å²) in [5.74, 6) is -1.39. The van der Waals surface area contributed by atoms with E-state index in [4.69, 9.17) is 16.3 Å². The maximum Gasteiger partial charge on any atom is 0.300 e. The van der Waals surface area contributed by atoms with E-state index in [0.717, 1.165) is 11.1 Å². The minimum Gasteiger partial charge on any atom is -0.507 e. The van der Waals surface area contributed by atoms with Crippen LogP contribution >= 0.6 is 11.6 Å². The molecule has 3 aromatic rings. The first-order valence-electron chi connectivity index (χ1n) is 11.4. The molecule has 0 aromatic heterocycles. The summed E-state index contributed by atoms with van der Waals surface area (Å²) in [5.41, 5.74) is 3.42. The number of aliphatic hydroxyl groups is 1. The van der Waals surface area contributed by atoms with Gasteiger partial charge >= 0.3 is 0 Å². The molecule has 6 heteroatoms. The Morgan fingerprint density at radius 1 is 1.00 bits per heavy atom. The van der Waals surface area contributed by atoms with Gasteiger partial charge in [-0.25, -0.2) is 0 Å². The van der Waals surface area contributed by atoms with Gasteiger partial charge in [0.25, 0.3) is 11.7 Å². The van der Waals surface area contributed by atoms with Crippen molar-refractivity contribution in [2.24, 2.45) is 0 Å². The van der Waals surface area contributed by atoms with Gasteiger partial charge in [0.2, 0.25) is 0 Å². The van der Waals surface area contributed by atoms with E-state index < -0.39 is 17.7 Å². The number of benzene rings is 3. The van der Waals surface area contributed by atoms with Gasteiger partial charge in [0, 0.05) is 10.7 Å². The number of nitrogens with zero attached hydrogens (tertiary/aromatic N) is 1. The first-order valence-corrected chi connectivity index (χ1v) is 11.7. The zero-order valence-corrected chi connectivity index (χ0v) is 21.2. The summed E-state index contributed by atoms with van der Waals surface area (Å²) >= 11 is 6.37. The molecule has 1 aliphatic rings. The van der Waals surface area contributed by atoms with Crippen LogP contribution in [0.15, 0.2) is 72.3 Å². The molecule has 0 bridgehead atoms. The van der Waals surface area contributed by atoms with Crippen molar-refractivity contribution in [1.29, 1.82) is 0 Å². The molecule has 0 spiro atoms. The summed E-state index contributed by atoms with van der Waals surface area (Å²) in [6.07, 6.45) is 0. The number of carbonyl (C=O) groups is 2. The highest BCUT2D eigenvalue weighted by molar-refractivity contribution is 6.52. The van der Waals surface area contributed by atoms with Crippen molar-refractivity contribution in [3.63, 3.8) is 0 Å². The van der Waals surface area contributed by atoms with Crippen LogP contribution in [0.3, 0.4) is 0 Å². The highest BCUT2D eigenvalue weighted by atomic mass is 35.5. The fourth-order valence-electron chi connectivity index (χ4n) is 4.30. The largest absolute Gasteiger partial charge is 0.507 e. The van der Waals surface area contributed by atoms with E-state index in [0.29, 0.717) is 27.6 Å². The molecular formula is C29H28ClNO4. The predicted molar refractivity (Wildman–Crippen MR) is 139 cm³/mol. The lowest BCUT2D eigenvalue weighted by Crippen LogP contribution is -2.29. The molecule has 3 aromatic carbocycles. The first-order chi connectivity index (χ1) is 16.5. The average Bonchev–Trinajstić information content (AvgIpc) is 3.10. The van der Waals surface area contributed by atoms with Gasteiger partial charge in [-0.1, -0.05) is 74.8 Å². The topological polar surface area (TPSA) is 66.8 Å². The quantitative estimate of drug-likeness (QED) is 0.255. The fourth-order valence-corrected chi connectivity index (χ4v) is 4.47. The van der Waals surface area contributed by atoms with Crippen LogP contribution in [0.2, 0.25) is 5.02 Å². The van der Waals surface area contributed by atoms with E-state index in [9.17, 15) is 14.7 Å². The molecule has 4 rings (SSSR count). The highest BCUT2D eigenvalue weighted by Crippen LogP contribution is 2.44. The maximum atomic E-state index is 13.4. The van der Waals surface area contributed by atoms with Gasteiger partial charge in [0.05, 0.1) is 24.3 Å². The number of aryl methyl sites for hydroxylation is 1. The Bertz CT molecular complexity index is 1340. The molecule has 0 saturated carbocycles. The maximum absolute atomic E-state index is 13.4. The molecule has 1 heterocycles. The Hall–Kier alpha value is -3.57. The van der Waals surface area contributed by atoms with Gasteiger partial charge in [-0.15, -0.1) is 0 Å². The number of rotatable bonds is 4. The second-order valence-corrected chi connectivity index (χ2v) is 10.1. The Kier molecular flexibility index (Phi) is 6.48. The van der Waals surface area contributed by atoms with Crippen molar-refractivity contribution in [3.8, 4) is 5.75 Å². The predicted octanol–water partition coefficient (Wildman–Crippen LogP) is 6.58. The van der Waals surface area contributed by atoms with Crippen molar-refractivity contribution in [2.75, 3.05) is 12.0 Å². The molecule has 1 fully saturated rings. The van der Waals surface area contributed by atoms with Gasteiger partial charge in [0.1, 0.15) is 11.5 Å². The number of Topliss-reactive ketones (excluding diaryl/α,β-unsaturated/α-hetero) is 1. The van der Waals surface area contributed by atoms with Crippen LogP contribution in [-0.4, -0.2) is 23.9 Å². The zero-order valence-electron chi connectivity index (χ0n) is 20.4. The number of methoxy groups -OCH3 is 1. The number of para-hydroxylation sites is 1. The fraction of sp³-hybridized carbons (Fsp3) is 0.241. The van der Waals surface area contributed by atoms with Crippen LogP contribution in [0.5, 0.6) is 5.75 Å². The normalized spacial score (nSPS) is 17.7. The van der Waals surface area contributed by atoms with Gasteiger partial charge in [-0.3, -0.25) is 14.5 Å². The van der Waals surface area contributed by atoms with Crippen molar-refractivity contribution >= 4 is 34.7 Å². The molecule has 1 N–H and O–H groups in total. The number of halogens is 1. The average molecular weight is 490 g/mol. The van der Waals surface area contributed by atoms with E-state index in [1.165, 1.54) is 12.0 Å². The molecule has 1 unspecified atom stereocenters. The summed E-state index contributed by atoms with van der Waals surface area (Å²) in [5, 5.41) is 11.9. The molecule has 1 aliphatic heterocycles. The van der Waals surface area contributed by atoms with Crippen LogP contribution in [0.25, 0.3) is 5.76 Å². The third-order valence-electron chi connectivity index (χ3n) is 6.33. The molecule has 1 atom stereocenters. The van der Waals surface area contributed by atoms with Crippen molar-refractivity contribution in [3.05, 3.63) is 99.6 Å². The number of carbonyl (C=O) groups excluding carboxylic acids is 2. The van der Waals surface area contributed by atoms with Crippen LogP contribution in [0, 0.1) is 6.92 Å². The van der Waals surface area contributed by atoms with E-state index in [1.54, 1.807) is 42.5 Å². The number of ketones is 1. The first kappa shape index (κ1) is 24.6. The molecule has 0 radical (unpaired) electrons. The standard InChI is InChI=1S/C29H28ClNO4/c1-17-10-15-20(16-22(17)30)31-25(18-11-13-19(14-12-18)29(2,3)4)24(27(33)28(31)34)26(32)21-8-6-7-9-23(21)35-5/h6-16,25,32H,1-5H3/b26-24+. The van der Waals surface area contributed by atoms with E-state index in [2.05, 4.69) is 20.8 Å². The lowest BCUT2D eigenvalue weighted by atomic mass is 9.85. The molecule has 180 valence electrons. The summed E-state index contributed by atoms with van der Waals surface area (Å²) in [6, 6.07) is 19.0. The molecule has 5 nitrogen and oxygen atoms in total. The molecular weight excluding hydrogens is 462 g/mol. The minimum absolute atomic E-state index is 0.000272. The number of anilines is 1. The van der Waals surface area contributed by atoms with Gasteiger partial charge < -0.3 is 9.84 Å². The lowest BCUT2D eigenvalue weighted by Gasteiger charge is -2.27. The Labute approximate surface area is 210 Å². The number of aliphatic hydroxyl groups excluding tert-OH is 1. The van der Waals surface area contributed by atoms with Crippen LogP contribution in [0.1, 0.15) is 49.1 Å². The Morgan fingerprint density at radius 2 is 1.66 bits per heavy atom. The Balaban J connectivity index is 1.96. The smallest absolute Gasteiger partial charge is 0.300 e. The van der Waals surface area contributed by atoms with Crippen molar-refractivity contribution in [1.82, 2.24) is 0 Å². The third-order valence-corrected chi connectivity index (χ3v) is 6.74. The van der Waals surface area contributed by atoms with Gasteiger partial charge in [0.15, 0.2) is 0 Å². The van der Waals surface area contributed by atoms with Crippen LogP contribution in [-0.2, 0) is 15.0 Å². The summed E-state index contributed by atoms with van der Waals surface area (Å²) in [6.45, 7) is 8.21. The SMILES string of the molecule is COc1ccccc1/C(O)=C1\C(=O)C(=O)N(c2ccc(C)c(Cl)c2)C1c1ccc(C(C)(C)C)cc1. The molecule has 35 heavy (non-hydrogen) atoms. The van der Waals surface area contributed by atoms with Crippen LogP contribution < -0.4 is 9.64 Å². The zero-order chi connectivity index (χ0) is 25.5. The van der Waals surface area contributed by atoms with E-state index in [-0.39, 0.29) is 16.7 Å². The molecule has 1 saturated heterocycles. The van der Waals surface area contributed by atoms with E-state index >= 15 is 0 Å². The van der Waals surface area contributed by atoms with Crippen LogP contribution in [0.4, 0.5) is 5.69 Å². The number of hydrogen-bond acceptors (Lipinski definition) is 4. The monoisotopic (exact) mass is 489 g/mol. The van der Waals surface area contributed by atoms with Crippen molar-refractivity contribution < 1.29 is 19.4 Å². The van der Waals surface area contributed by atoms with E-state index in [1.807, 2.05) is 31.2 Å². The molecule has 1 amide bonds.